The van der Waals surface area contributed by atoms with Crippen LogP contribution in [0.4, 0.5) is 35.1 Å². The fourth-order valence-corrected chi connectivity index (χ4v) is 3.77. The van der Waals surface area contributed by atoms with E-state index in [9.17, 15) is 43.5 Å². The number of quaternary nitrogens is 1. The van der Waals surface area contributed by atoms with Crippen LogP contribution in [0.3, 0.4) is 0 Å². The number of alkyl halides is 8. The Bertz CT molecular complexity index is 471. The molecule has 0 saturated heterocycles. The van der Waals surface area contributed by atoms with E-state index in [1.807, 2.05) is 19.4 Å². The molecular formula is C18H34F8NO2S+. The second-order valence-corrected chi connectivity index (χ2v) is 9.32. The average molecular weight is 481 g/mol. The van der Waals surface area contributed by atoms with Gasteiger partial charge >= 0.3 is 12.4 Å². The van der Waals surface area contributed by atoms with E-state index in [0.29, 0.717) is 0 Å². The van der Waals surface area contributed by atoms with Gasteiger partial charge in [0.1, 0.15) is 0 Å². The Morgan fingerprint density at radius 3 is 1.17 bits per heavy atom. The Labute approximate surface area is 173 Å². The summed E-state index contributed by atoms with van der Waals surface area (Å²) in [5.74, 6) is 0. The van der Waals surface area contributed by atoms with Crippen LogP contribution >= 0.6 is 0 Å². The number of nitrogens with two attached hydrogens (primary N) is 1. The largest absolute Gasteiger partial charge is 0.389 e. The van der Waals surface area contributed by atoms with Gasteiger partial charge in [0.2, 0.25) is 20.8 Å². The Morgan fingerprint density at radius 2 is 0.900 bits per heavy atom. The predicted molar refractivity (Wildman–Crippen MR) is 100.0 cm³/mol. The Morgan fingerprint density at radius 1 is 0.633 bits per heavy atom. The van der Waals surface area contributed by atoms with Crippen molar-refractivity contribution in [3.63, 3.8) is 0 Å². The van der Waals surface area contributed by atoms with E-state index in [-0.39, 0.29) is 51.4 Å². The third kappa shape index (κ3) is 19.3. The number of halogens is 8. The lowest BCUT2D eigenvalue weighted by molar-refractivity contribution is -0.597. The van der Waals surface area contributed by atoms with Crippen molar-refractivity contribution in [2.24, 2.45) is 0 Å². The fraction of sp³-hybridized carbons (Fsp3) is 1.00. The second kappa shape index (κ2) is 16.0. The number of rotatable bonds is 14. The van der Waals surface area contributed by atoms with Gasteiger partial charge in [-0.05, 0) is 38.5 Å². The van der Waals surface area contributed by atoms with Crippen LogP contribution in [0.5, 0.6) is 0 Å². The fourth-order valence-electron chi connectivity index (χ4n) is 2.46. The maximum Gasteiger partial charge on any atom is 0.389 e. The lowest BCUT2D eigenvalue weighted by Gasteiger charge is -2.14. The Kier molecular flexibility index (Phi) is 16.9. The topological polar surface area (TPSA) is 50.8 Å². The third-order valence-corrected chi connectivity index (χ3v) is 5.89. The molecule has 0 aromatic heterocycles. The highest BCUT2D eigenvalue weighted by Crippen LogP contribution is 2.26. The molecule has 0 saturated carbocycles. The van der Waals surface area contributed by atoms with Crippen LogP contribution in [0.1, 0.15) is 77.0 Å². The number of sulfone groups is 1. The first-order chi connectivity index (χ1) is 13.7. The van der Waals surface area contributed by atoms with Crippen LogP contribution in [0.25, 0.3) is 0 Å². The first-order valence-electron chi connectivity index (χ1n) is 10.1. The minimum absolute atomic E-state index is 0.0302. The highest BCUT2D eigenvalue weighted by Gasteiger charge is 2.33. The molecule has 184 valence electrons. The number of hydrogen-bond acceptors (Lipinski definition) is 2. The van der Waals surface area contributed by atoms with Crippen LogP contribution in [0.2, 0.25) is 0 Å². The van der Waals surface area contributed by atoms with E-state index in [2.05, 4.69) is 0 Å². The molecule has 0 aliphatic heterocycles. The van der Waals surface area contributed by atoms with Crippen molar-refractivity contribution in [1.29, 1.82) is 0 Å². The van der Waals surface area contributed by atoms with Gasteiger partial charge in [-0.25, -0.2) is 17.2 Å². The van der Waals surface area contributed by atoms with Crippen molar-refractivity contribution in [2.75, 3.05) is 14.1 Å². The summed E-state index contributed by atoms with van der Waals surface area (Å²) in [6.45, 7) is 0. The minimum Gasteiger partial charge on any atom is -0.351 e. The molecule has 2 unspecified atom stereocenters. The summed E-state index contributed by atoms with van der Waals surface area (Å²) in [6.07, 6.45) is -10.9. The summed E-state index contributed by atoms with van der Waals surface area (Å²) in [7, 11) is -0.664. The molecule has 0 amide bonds. The zero-order valence-corrected chi connectivity index (χ0v) is 18.3. The van der Waals surface area contributed by atoms with Gasteiger partial charge in [0, 0.05) is 12.8 Å². The molecule has 0 heterocycles. The van der Waals surface area contributed by atoms with Crippen LogP contribution in [-0.4, -0.2) is 45.9 Å². The average Bonchev–Trinajstić information content (AvgIpc) is 2.59. The van der Waals surface area contributed by atoms with Crippen LogP contribution in [-0.2, 0) is 9.84 Å². The summed E-state index contributed by atoms with van der Waals surface area (Å²) in [4.78, 5) is 0. The highest BCUT2D eigenvalue weighted by molar-refractivity contribution is 7.92. The number of unbranched alkanes of at least 4 members (excludes halogenated alkanes) is 6. The molecule has 0 aromatic carbocycles. The molecule has 0 aromatic rings. The molecule has 0 fully saturated rings. The van der Waals surface area contributed by atoms with Gasteiger partial charge in [-0.3, -0.25) is 0 Å². The molecule has 3 nitrogen and oxygen atoms in total. The summed E-state index contributed by atoms with van der Waals surface area (Å²) < 4.78 is 122. The minimum atomic E-state index is -4.66. The Balaban J connectivity index is 0. The summed E-state index contributed by atoms with van der Waals surface area (Å²) in [5.41, 5.74) is -4.86. The zero-order valence-electron chi connectivity index (χ0n) is 17.5. The van der Waals surface area contributed by atoms with E-state index in [1.165, 1.54) is 0 Å². The highest BCUT2D eigenvalue weighted by atomic mass is 32.2. The number of hydrogen-bond donors (Lipinski definition) is 1. The molecule has 0 aliphatic rings. The van der Waals surface area contributed by atoms with E-state index in [4.69, 9.17) is 0 Å². The molecule has 0 rings (SSSR count). The molecule has 2 N–H and O–H groups in total. The summed E-state index contributed by atoms with van der Waals surface area (Å²) in [6, 6.07) is 0. The zero-order chi connectivity index (χ0) is 23.8. The standard InChI is InChI=1S/C16H26F8O2S.C2H7N/c17-13(9-5-1-3-7-11-15(19,20)21)27(25,26)14(18)10-6-2-4-8-12-16(22,23)24;1-3-2/h13-14H,1-12H2;3H,1-2H3/p+1. The van der Waals surface area contributed by atoms with Crippen molar-refractivity contribution < 1.29 is 48.9 Å². The Hall–Kier alpha value is -0.650. The van der Waals surface area contributed by atoms with Crippen molar-refractivity contribution in [1.82, 2.24) is 0 Å². The van der Waals surface area contributed by atoms with E-state index in [1.54, 1.807) is 0 Å². The van der Waals surface area contributed by atoms with Gasteiger partial charge < -0.3 is 5.32 Å². The van der Waals surface area contributed by atoms with E-state index in [0.717, 1.165) is 0 Å². The van der Waals surface area contributed by atoms with Crippen molar-refractivity contribution in [3.8, 4) is 0 Å². The lowest BCUT2D eigenvalue weighted by atomic mass is 10.1. The van der Waals surface area contributed by atoms with Gasteiger partial charge in [-0.1, -0.05) is 25.7 Å². The van der Waals surface area contributed by atoms with Crippen molar-refractivity contribution in [2.45, 2.75) is 100 Å². The molecule has 0 bridgehead atoms. The molecular weight excluding hydrogens is 446 g/mol. The first kappa shape index (κ1) is 31.5. The molecule has 0 radical (unpaired) electrons. The summed E-state index contributed by atoms with van der Waals surface area (Å²) >= 11 is 0. The lowest BCUT2D eigenvalue weighted by Crippen LogP contribution is -2.74. The van der Waals surface area contributed by atoms with Gasteiger partial charge in [0.15, 0.2) is 0 Å². The predicted octanol–water partition coefficient (Wildman–Crippen LogP) is 5.61. The van der Waals surface area contributed by atoms with Gasteiger partial charge in [0.25, 0.3) is 0 Å². The maximum absolute atomic E-state index is 13.8. The van der Waals surface area contributed by atoms with Crippen molar-refractivity contribution >= 4 is 9.84 Å². The van der Waals surface area contributed by atoms with Gasteiger partial charge in [-0.2, -0.15) is 26.3 Å². The molecule has 30 heavy (non-hydrogen) atoms. The van der Waals surface area contributed by atoms with Gasteiger partial charge in [-0.15, -0.1) is 0 Å². The quantitative estimate of drug-likeness (QED) is 0.260. The monoisotopic (exact) mass is 480 g/mol. The molecule has 0 aliphatic carbocycles. The maximum atomic E-state index is 13.8. The van der Waals surface area contributed by atoms with Crippen molar-refractivity contribution in [3.05, 3.63) is 0 Å². The SMILES string of the molecule is C[NH2+]C.O=S(=O)(C(F)CCCCCCC(F)(F)F)C(F)CCCCCCC(F)(F)F. The molecule has 0 spiro atoms. The molecule has 2 atom stereocenters. The third-order valence-electron chi connectivity index (χ3n) is 4.00. The van der Waals surface area contributed by atoms with E-state index >= 15 is 0 Å². The second-order valence-electron chi connectivity index (χ2n) is 7.12. The first-order valence-corrected chi connectivity index (χ1v) is 11.7. The smallest absolute Gasteiger partial charge is 0.351 e. The van der Waals surface area contributed by atoms with E-state index < -0.39 is 58.9 Å². The summed E-state index contributed by atoms with van der Waals surface area (Å²) in [5, 5.41) is 2.00. The van der Waals surface area contributed by atoms with Crippen LogP contribution in [0.15, 0.2) is 0 Å². The normalized spacial score (nSPS) is 14.7. The van der Waals surface area contributed by atoms with Crippen LogP contribution < -0.4 is 5.32 Å². The van der Waals surface area contributed by atoms with Crippen LogP contribution in [0, 0.1) is 0 Å². The molecule has 12 heteroatoms. The van der Waals surface area contributed by atoms with Gasteiger partial charge in [0.05, 0.1) is 14.1 Å².